The van der Waals surface area contributed by atoms with Crippen molar-refractivity contribution in [3.63, 3.8) is 0 Å². The standard InChI is InChI=1S/C17H18N6O2/c1-2-4-14-13(3-1)19-5-17(21-14)22-6-15-16(7-22)25-9-12(8-24-15)23-11-18-10-20-23/h1-5,10-12,15-16H,6-9H2/t15-,16-/m0/s1. The Bertz CT molecular complexity index is 854. The van der Waals surface area contributed by atoms with Gasteiger partial charge in [0, 0.05) is 13.1 Å². The Hall–Kier alpha value is -2.58. The summed E-state index contributed by atoms with van der Waals surface area (Å²) in [6.45, 7) is 2.65. The van der Waals surface area contributed by atoms with Crippen LogP contribution in [0.1, 0.15) is 6.04 Å². The molecule has 2 aliphatic heterocycles. The quantitative estimate of drug-likeness (QED) is 0.691. The number of aromatic nitrogens is 5. The number of para-hydroxylation sites is 2. The molecule has 0 amide bonds. The number of fused-ring (bicyclic) bond motifs is 2. The summed E-state index contributed by atoms with van der Waals surface area (Å²) >= 11 is 0. The number of nitrogens with zero attached hydrogens (tertiary/aromatic N) is 6. The molecular weight excluding hydrogens is 320 g/mol. The zero-order valence-electron chi connectivity index (χ0n) is 13.6. The molecule has 8 heteroatoms. The molecule has 8 nitrogen and oxygen atoms in total. The van der Waals surface area contributed by atoms with Crippen molar-refractivity contribution in [1.82, 2.24) is 24.7 Å². The lowest BCUT2D eigenvalue weighted by atomic mass is 10.3. The van der Waals surface area contributed by atoms with Crippen LogP contribution in [-0.4, -0.2) is 63.2 Å². The van der Waals surface area contributed by atoms with Crippen LogP contribution in [0.4, 0.5) is 5.82 Å². The Balaban J connectivity index is 1.31. The van der Waals surface area contributed by atoms with Gasteiger partial charge in [0.05, 0.1) is 30.4 Å². The zero-order valence-corrected chi connectivity index (χ0v) is 13.6. The van der Waals surface area contributed by atoms with E-state index in [9.17, 15) is 0 Å². The highest BCUT2D eigenvalue weighted by Gasteiger charge is 2.38. The maximum Gasteiger partial charge on any atom is 0.148 e. The van der Waals surface area contributed by atoms with E-state index in [0.29, 0.717) is 13.2 Å². The number of benzene rings is 1. The molecule has 0 unspecified atom stereocenters. The number of hydrogen-bond donors (Lipinski definition) is 0. The molecule has 5 rings (SSSR count). The predicted octanol–water partition coefficient (Wildman–Crippen LogP) is 1.07. The minimum absolute atomic E-state index is 0.0294. The Labute approximate surface area is 144 Å². The summed E-state index contributed by atoms with van der Waals surface area (Å²) in [5, 5.41) is 4.18. The van der Waals surface area contributed by atoms with Gasteiger partial charge < -0.3 is 14.4 Å². The molecule has 1 aromatic carbocycles. The predicted molar refractivity (Wildman–Crippen MR) is 90.3 cm³/mol. The Kier molecular flexibility index (Phi) is 3.57. The largest absolute Gasteiger partial charge is 0.371 e. The van der Waals surface area contributed by atoms with Crippen LogP contribution in [0.25, 0.3) is 11.0 Å². The highest BCUT2D eigenvalue weighted by Crippen LogP contribution is 2.27. The molecule has 0 aliphatic carbocycles. The van der Waals surface area contributed by atoms with Crippen molar-refractivity contribution in [2.45, 2.75) is 18.2 Å². The van der Waals surface area contributed by atoms with Crippen LogP contribution in [0.5, 0.6) is 0 Å². The lowest BCUT2D eigenvalue weighted by molar-refractivity contribution is -0.00461. The average molecular weight is 338 g/mol. The van der Waals surface area contributed by atoms with Gasteiger partial charge in [-0.15, -0.1) is 0 Å². The molecule has 0 N–H and O–H groups in total. The molecule has 2 saturated heterocycles. The van der Waals surface area contributed by atoms with Gasteiger partial charge in [0.15, 0.2) is 0 Å². The second-order valence-corrected chi connectivity index (χ2v) is 6.39. The Morgan fingerprint density at radius 1 is 1.00 bits per heavy atom. The molecule has 2 aromatic heterocycles. The first-order valence-corrected chi connectivity index (χ1v) is 8.41. The topological polar surface area (TPSA) is 78.2 Å². The molecule has 3 aromatic rings. The van der Waals surface area contributed by atoms with Gasteiger partial charge in [-0.3, -0.25) is 4.98 Å². The van der Waals surface area contributed by atoms with Crippen molar-refractivity contribution in [2.75, 3.05) is 31.2 Å². The maximum atomic E-state index is 6.10. The maximum absolute atomic E-state index is 6.10. The summed E-state index contributed by atoms with van der Waals surface area (Å²) in [5.74, 6) is 0.867. The third-order valence-electron chi connectivity index (χ3n) is 4.79. The van der Waals surface area contributed by atoms with Gasteiger partial charge in [-0.25, -0.2) is 14.6 Å². The SMILES string of the molecule is c1ccc2nc(N3C[C@@H]4OCC(n5cncn5)CO[C@H]4C3)cnc2c1. The van der Waals surface area contributed by atoms with E-state index in [0.717, 1.165) is 29.9 Å². The summed E-state index contributed by atoms with van der Waals surface area (Å²) in [6, 6.07) is 7.97. The van der Waals surface area contributed by atoms with Gasteiger partial charge in [-0.1, -0.05) is 12.1 Å². The fourth-order valence-electron chi connectivity index (χ4n) is 3.43. The molecule has 2 fully saturated rings. The molecule has 4 heterocycles. The van der Waals surface area contributed by atoms with Crippen LogP contribution in [0, 0.1) is 0 Å². The highest BCUT2D eigenvalue weighted by atomic mass is 16.6. The van der Waals surface area contributed by atoms with Gasteiger partial charge in [0.2, 0.25) is 0 Å². The number of anilines is 1. The monoisotopic (exact) mass is 338 g/mol. The van der Waals surface area contributed by atoms with Gasteiger partial charge >= 0.3 is 0 Å². The van der Waals surface area contributed by atoms with Crippen LogP contribution in [0.2, 0.25) is 0 Å². The molecule has 128 valence electrons. The van der Waals surface area contributed by atoms with Gasteiger partial charge in [0.1, 0.15) is 36.7 Å². The third-order valence-corrected chi connectivity index (χ3v) is 4.79. The lowest BCUT2D eigenvalue weighted by Crippen LogP contribution is -2.27. The Morgan fingerprint density at radius 3 is 2.48 bits per heavy atom. The average Bonchev–Trinajstić information content (AvgIpc) is 3.29. The van der Waals surface area contributed by atoms with Crippen LogP contribution in [0.15, 0.2) is 43.1 Å². The summed E-state index contributed by atoms with van der Waals surface area (Å²) < 4.78 is 14.0. The second kappa shape index (κ2) is 6.05. The molecular formula is C17H18N6O2. The van der Waals surface area contributed by atoms with Gasteiger partial charge in [-0.05, 0) is 12.1 Å². The molecule has 0 bridgehead atoms. The van der Waals surface area contributed by atoms with E-state index in [4.69, 9.17) is 14.5 Å². The smallest absolute Gasteiger partial charge is 0.148 e. The summed E-state index contributed by atoms with van der Waals surface area (Å²) in [7, 11) is 0. The van der Waals surface area contributed by atoms with E-state index in [2.05, 4.69) is 20.0 Å². The number of rotatable bonds is 2. The van der Waals surface area contributed by atoms with E-state index >= 15 is 0 Å². The van der Waals surface area contributed by atoms with Crippen LogP contribution in [-0.2, 0) is 9.47 Å². The van der Waals surface area contributed by atoms with Crippen LogP contribution >= 0.6 is 0 Å². The van der Waals surface area contributed by atoms with Crippen molar-refractivity contribution >= 4 is 16.9 Å². The zero-order chi connectivity index (χ0) is 16.6. The van der Waals surface area contributed by atoms with Crippen LogP contribution in [0.3, 0.4) is 0 Å². The van der Waals surface area contributed by atoms with E-state index in [1.807, 2.05) is 30.5 Å². The van der Waals surface area contributed by atoms with Crippen molar-refractivity contribution in [2.24, 2.45) is 0 Å². The molecule has 2 aliphatic rings. The molecule has 2 atom stereocenters. The second-order valence-electron chi connectivity index (χ2n) is 6.39. The van der Waals surface area contributed by atoms with E-state index in [1.165, 1.54) is 6.33 Å². The minimum Gasteiger partial charge on any atom is -0.371 e. The normalized spacial score (nSPS) is 24.4. The number of hydrogen-bond acceptors (Lipinski definition) is 7. The molecule has 0 spiro atoms. The van der Waals surface area contributed by atoms with Crippen molar-refractivity contribution < 1.29 is 9.47 Å². The van der Waals surface area contributed by atoms with Gasteiger partial charge in [0.25, 0.3) is 0 Å². The van der Waals surface area contributed by atoms with Crippen molar-refractivity contribution in [1.29, 1.82) is 0 Å². The summed E-state index contributed by atoms with van der Waals surface area (Å²) in [6.07, 6.45) is 5.12. The van der Waals surface area contributed by atoms with Crippen molar-refractivity contribution in [3.05, 3.63) is 43.1 Å². The lowest BCUT2D eigenvalue weighted by Gasteiger charge is -2.19. The third kappa shape index (κ3) is 2.73. The van der Waals surface area contributed by atoms with E-state index in [1.54, 1.807) is 11.0 Å². The first kappa shape index (κ1) is 14.7. The molecule has 0 saturated carbocycles. The minimum atomic E-state index is 0.0294. The highest BCUT2D eigenvalue weighted by molar-refractivity contribution is 5.75. The number of ether oxygens (including phenoxy) is 2. The fourth-order valence-corrected chi connectivity index (χ4v) is 3.43. The van der Waals surface area contributed by atoms with E-state index < -0.39 is 0 Å². The van der Waals surface area contributed by atoms with Crippen molar-refractivity contribution in [3.8, 4) is 0 Å². The summed E-state index contributed by atoms with van der Waals surface area (Å²) in [5.41, 5.74) is 1.81. The first-order valence-electron chi connectivity index (χ1n) is 8.41. The Morgan fingerprint density at radius 2 is 1.76 bits per heavy atom. The first-order chi connectivity index (χ1) is 12.4. The summed E-state index contributed by atoms with van der Waals surface area (Å²) in [4.78, 5) is 15.4. The van der Waals surface area contributed by atoms with Crippen LogP contribution < -0.4 is 4.90 Å². The molecule has 25 heavy (non-hydrogen) atoms. The van der Waals surface area contributed by atoms with E-state index in [-0.39, 0.29) is 18.2 Å². The van der Waals surface area contributed by atoms with Gasteiger partial charge in [-0.2, -0.15) is 5.10 Å². The fraction of sp³-hybridized carbons (Fsp3) is 0.412. The molecule has 0 radical (unpaired) electrons.